The van der Waals surface area contributed by atoms with E-state index in [9.17, 15) is 19.5 Å². The van der Waals surface area contributed by atoms with Crippen LogP contribution in [0.25, 0.3) is 11.0 Å². The van der Waals surface area contributed by atoms with E-state index >= 15 is 0 Å². The molecule has 0 aliphatic heterocycles. The van der Waals surface area contributed by atoms with Gasteiger partial charge in [-0.15, -0.1) is 0 Å². The van der Waals surface area contributed by atoms with Crippen molar-refractivity contribution >= 4 is 22.9 Å². The van der Waals surface area contributed by atoms with Crippen LogP contribution in [0, 0.1) is 0 Å². The molecular weight excluding hydrogens is 302 g/mol. The van der Waals surface area contributed by atoms with Crippen LogP contribution in [0.5, 0.6) is 5.88 Å². The highest BCUT2D eigenvalue weighted by molar-refractivity contribution is 5.85. The highest BCUT2D eigenvalue weighted by Gasteiger charge is 2.12. The van der Waals surface area contributed by atoms with Gasteiger partial charge in [-0.2, -0.15) is 0 Å². The van der Waals surface area contributed by atoms with E-state index in [1.54, 1.807) is 18.2 Å². The Morgan fingerprint density at radius 3 is 2.52 bits per heavy atom. The summed E-state index contributed by atoms with van der Waals surface area (Å²) < 4.78 is 1.84. The zero-order valence-corrected chi connectivity index (χ0v) is 12.3. The summed E-state index contributed by atoms with van der Waals surface area (Å²) in [5.74, 6) is -0.460. The van der Waals surface area contributed by atoms with Crippen molar-refractivity contribution in [1.29, 1.82) is 0 Å². The number of aromatic hydroxyl groups is 1. The maximum absolute atomic E-state index is 12.0. The molecule has 0 saturated heterocycles. The second-order valence-electron chi connectivity index (χ2n) is 5.01. The molecule has 3 aromatic rings. The second kappa shape index (κ2) is 5.13. The largest absolute Gasteiger partial charge is 0.494 e. The molecule has 0 radical (unpaired) electrons. The van der Waals surface area contributed by atoms with Crippen molar-refractivity contribution < 1.29 is 5.11 Å². The van der Waals surface area contributed by atoms with Gasteiger partial charge in [0.25, 0.3) is 5.56 Å². The molecule has 0 bridgehead atoms. The Balaban J connectivity index is 2.10. The number of aromatic amines is 2. The van der Waals surface area contributed by atoms with Gasteiger partial charge >= 0.3 is 11.4 Å². The molecule has 0 atom stereocenters. The SMILES string of the molecule is Cn1c(O)c(C=Nc2ccc3[nH]c(=O)[nH]c3c2)c(=O)n(C)c1=O. The number of H-pyrrole nitrogens is 2. The molecule has 0 spiro atoms. The Hall–Kier alpha value is -3.36. The highest BCUT2D eigenvalue weighted by Crippen LogP contribution is 2.17. The molecule has 9 nitrogen and oxygen atoms in total. The minimum atomic E-state index is -0.648. The Bertz CT molecular complexity index is 1110. The van der Waals surface area contributed by atoms with E-state index < -0.39 is 17.1 Å². The lowest BCUT2D eigenvalue weighted by atomic mass is 10.2. The van der Waals surface area contributed by atoms with Gasteiger partial charge in [0.05, 0.1) is 16.7 Å². The fraction of sp³-hybridized carbons (Fsp3) is 0.143. The summed E-state index contributed by atoms with van der Waals surface area (Å²) in [5.41, 5.74) is -0.0236. The number of aliphatic imine (C=N–C) groups is 1. The minimum absolute atomic E-state index is 0.0998. The second-order valence-corrected chi connectivity index (χ2v) is 5.01. The molecule has 0 amide bonds. The molecule has 118 valence electrons. The maximum Gasteiger partial charge on any atom is 0.333 e. The molecule has 23 heavy (non-hydrogen) atoms. The minimum Gasteiger partial charge on any atom is -0.494 e. The molecule has 3 rings (SSSR count). The standard InChI is InChI=1S/C14H13N5O4/c1-18-11(20)8(12(21)19(2)14(18)23)6-15-7-3-4-9-10(5-7)17-13(22)16-9/h3-6,20H,1-2H3,(H2,16,17,22). The fourth-order valence-electron chi connectivity index (χ4n) is 2.21. The van der Waals surface area contributed by atoms with Crippen molar-refractivity contribution in [3.05, 3.63) is 55.1 Å². The average molecular weight is 315 g/mol. The number of nitrogens with one attached hydrogen (secondary N) is 2. The van der Waals surface area contributed by atoms with Gasteiger partial charge in [-0.05, 0) is 18.2 Å². The van der Waals surface area contributed by atoms with Crippen LogP contribution < -0.4 is 16.9 Å². The third kappa shape index (κ3) is 2.37. The lowest BCUT2D eigenvalue weighted by Crippen LogP contribution is -2.38. The highest BCUT2D eigenvalue weighted by atomic mass is 16.3. The smallest absolute Gasteiger partial charge is 0.333 e. The Morgan fingerprint density at radius 1 is 1.09 bits per heavy atom. The molecule has 1 aromatic carbocycles. The Labute approximate surface area is 128 Å². The zero-order chi connectivity index (χ0) is 16.7. The van der Waals surface area contributed by atoms with Gasteiger partial charge in [0.2, 0.25) is 5.88 Å². The zero-order valence-electron chi connectivity index (χ0n) is 12.3. The van der Waals surface area contributed by atoms with Crippen LogP contribution in [0.3, 0.4) is 0 Å². The molecular formula is C14H13N5O4. The van der Waals surface area contributed by atoms with Crippen LogP contribution in [-0.2, 0) is 14.1 Å². The van der Waals surface area contributed by atoms with E-state index in [0.717, 1.165) is 9.13 Å². The first-order chi connectivity index (χ1) is 10.9. The van der Waals surface area contributed by atoms with E-state index in [2.05, 4.69) is 15.0 Å². The number of hydrogen-bond acceptors (Lipinski definition) is 5. The van der Waals surface area contributed by atoms with Gasteiger partial charge in [-0.3, -0.25) is 18.9 Å². The molecule has 0 aliphatic carbocycles. The number of nitrogens with zero attached hydrogens (tertiary/aromatic N) is 3. The van der Waals surface area contributed by atoms with Crippen LogP contribution in [0.1, 0.15) is 5.56 Å². The molecule has 0 fully saturated rings. The lowest BCUT2D eigenvalue weighted by molar-refractivity contribution is 0.410. The third-order valence-electron chi connectivity index (χ3n) is 3.51. The summed E-state index contributed by atoms with van der Waals surface area (Å²) in [6, 6.07) is 4.93. The van der Waals surface area contributed by atoms with Crippen LogP contribution in [-0.4, -0.2) is 30.4 Å². The van der Waals surface area contributed by atoms with Crippen molar-refractivity contribution in [3.63, 3.8) is 0 Å². The van der Waals surface area contributed by atoms with Gasteiger partial charge in [-0.1, -0.05) is 0 Å². The van der Waals surface area contributed by atoms with Crippen LogP contribution >= 0.6 is 0 Å². The fourth-order valence-corrected chi connectivity index (χ4v) is 2.21. The molecule has 0 unspecified atom stereocenters. The number of rotatable bonds is 2. The topological polar surface area (TPSA) is 125 Å². The Morgan fingerprint density at radius 2 is 1.78 bits per heavy atom. The normalized spacial score (nSPS) is 11.6. The molecule has 0 saturated carbocycles. The number of hydrogen-bond donors (Lipinski definition) is 3. The van der Waals surface area contributed by atoms with Gasteiger partial charge < -0.3 is 15.1 Å². The molecule has 9 heteroatoms. The van der Waals surface area contributed by atoms with Gasteiger partial charge in [0.15, 0.2) is 0 Å². The van der Waals surface area contributed by atoms with Gasteiger partial charge in [0, 0.05) is 20.3 Å². The molecule has 0 aliphatic rings. The van der Waals surface area contributed by atoms with Crippen LogP contribution in [0.2, 0.25) is 0 Å². The van der Waals surface area contributed by atoms with Crippen LogP contribution in [0.15, 0.2) is 37.6 Å². The van der Waals surface area contributed by atoms with Crippen LogP contribution in [0.4, 0.5) is 5.69 Å². The van der Waals surface area contributed by atoms with Gasteiger partial charge in [0.1, 0.15) is 5.56 Å². The monoisotopic (exact) mass is 315 g/mol. The first-order valence-corrected chi connectivity index (χ1v) is 6.63. The van der Waals surface area contributed by atoms with E-state index in [1.165, 1.54) is 20.3 Å². The van der Waals surface area contributed by atoms with E-state index in [4.69, 9.17) is 0 Å². The summed E-state index contributed by atoms with van der Waals surface area (Å²) in [7, 11) is 2.67. The van der Waals surface area contributed by atoms with E-state index in [0.29, 0.717) is 16.7 Å². The molecule has 2 heterocycles. The van der Waals surface area contributed by atoms with E-state index in [-0.39, 0.29) is 11.3 Å². The van der Waals surface area contributed by atoms with Crippen molar-refractivity contribution in [2.75, 3.05) is 0 Å². The maximum atomic E-state index is 12.0. The van der Waals surface area contributed by atoms with Gasteiger partial charge in [-0.25, -0.2) is 9.59 Å². The van der Waals surface area contributed by atoms with Crippen molar-refractivity contribution in [3.8, 4) is 5.88 Å². The summed E-state index contributed by atoms with van der Waals surface area (Å²) in [5, 5.41) is 9.94. The van der Waals surface area contributed by atoms with Crippen molar-refractivity contribution in [2.45, 2.75) is 0 Å². The van der Waals surface area contributed by atoms with Crippen molar-refractivity contribution in [1.82, 2.24) is 19.1 Å². The predicted molar refractivity (Wildman–Crippen MR) is 84.8 cm³/mol. The Kier molecular flexibility index (Phi) is 3.25. The number of imidazole rings is 1. The number of benzene rings is 1. The van der Waals surface area contributed by atoms with E-state index in [1.807, 2.05) is 0 Å². The van der Waals surface area contributed by atoms with Crippen molar-refractivity contribution in [2.24, 2.45) is 19.1 Å². The first-order valence-electron chi connectivity index (χ1n) is 6.63. The summed E-state index contributed by atoms with van der Waals surface area (Å²) >= 11 is 0. The quantitative estimate of drug-likeness (QED) is 0.562. The lowest BCUT2D eigenvalue weighted by Gasteiger charge is -2.06. The first kappa shape index (κ1) is 14.6. The molecule has 2 aromatic heterocycles. The summed E-state index contributed by atoms with van der Waals surface area (Å²) in [4.78, 5) is 44.3. The third-order valence-corrected chi connectivity index (χ3v) is 3.51. The predicted octanol–water partition coefficient (Wildman–Crippen LogP) is -0.290. The number of aromatic nitrogens is 4. The summed E-state index contributed by atoms with van der Waals surface area (Å²) in [6.07, 6.45) is 1.18. The summed E-state index contributed by atoms with van der Waals surface area (Å²) in [6.45, 7) is 0. The average Bonchev–Trinajstić information content (AvgIpc) is 2.90. The molecule has 3 N–H and O–H groups in total. The number of fused-ring (bicyclic) bond motifs is 1.